The lowest BCUT2D eigenvalue weighted by Crippen LogP contribution is -2.37. The van der Waals surface area contributed by atoms with Crippen LogP contribution in [0, 0.1) is 18.3 Å². The fourth-order valence-electron chi connectivity index (χ4n) is 3.98. The van der Waals surface area contributed by atoms with Gasteiger partial charge in [-0.2, -0.15) is 0 Å². The van der Waals surface area contributed by atoms with E-state index in [1.807, 2.05) is 0 Å². The zero-order chi connectivity index (χ0) is 17.0. The Morgan fingerprint density at radius 1 is 1.29 bits per heavy atom. The summed E-state index contributed by atoms with van der Waals surface area (Å²) >= 11 is 0. The first-order valence-corrected chi connectivity index (χ1v) is 9.19. The van der Waals surface area contributed by atoms with Crippen molar-refractivity contribution in [1.29, 1.82) is 0 Å². The summed E-state index contributed by atoms with van der Waals surface area (Å²) in [6.45, 7) is 6.42. The maximum absolute atomic E-state index is 13.1. The Labute approximate surface area is 145 Å². The molecule has 4 nitrogen and oxygen atoms in total. The molecular weight excluding hydrogens is 300 g/mol. The van der Waals surface area contributed by atoms with Crippen LogP contribution < -0.4 is 5.32 Å². The standard InChI is InChI=1S/C20H30N2O2/c1-16-4-6-17(7-5-16)15-22(12-3-13-24-2)19(23)18-14-20(18)8-10-21-11-9-20/h4-7,18,21H,3,8-15H2,1-2H3/t18-/m1/s1. The minimum atomic E-state index is 0.243. The summed E-state index contributed by atoms with van der Waals surface area (Å²) in [4.78, 5) is 15.2. The van der Waals surface area contributed by atoms with Crippen LogP contribution in [-0.2, 0) is 16.1 Å². The predicted octanol–water partition coefficient (Wildman–Crippen LogP) is 2.75. The molecule has 1 aliphatic carbocycles. The van der Waals surface area contributed by atoms with E-state index in [-0.39, 0.29) is 5.92 Å². The second kappa shape index (κ2) is 7.66. The number of nitrogens with one attached hydrogen (secondary N) is 1. The Balaban J connectivity index is 1.65. The van der Waals surface area contributed by atoms with E-state index in [0.29, 0.717) is 24.5 Å². The van der Waals surface area contributed by atoms with Gasteiger partial charge < -0.3 is 15.0 Å². The zero-order valence-corrected chi connectivity index (χ0v) is 15.0. The van der Waals surface area contributed by atoms with Crippen molar-refractivity contribution in [3.05, 3.63) is 35.4 Å². The number of methoxy groups -OCH3 is 1. The van der Waals surface area contributed by atoms with Crippen LogP contribution >= 0.6 is 0 Å². The molecule has 1 aliphatic heterocycles. The second-order valence-electron chi connectivity index (χ2n) is 7.46. The van der Waals surface area contributed by atoms with Crippen LogP contribution in [0.1, 0.15) is 36.8 Å². The number of hydrogen-bond donors (Lipinski definition) is 1. The lowest BCUT2D eigenvalue weighted by Gasteiger charge is -2.27. The van der Waals surface area contributed by atoms with Gasteiger partial charge >= 0.3 is 0 Å². The first-order valence-electron chi connectivity index (χ1n) is 9.19. The molecule has 0 bridgehead atoms. The van der Waals surface area contributed by atoms with Crippen molar-refractivity contribution in [3.8, 4) is 0 Å². The fourth-order valence-corrected chi connectivity index (χ4v) is 3.98. The van der Waals surface area contributed by atoms with Gasteiger partial charge in [-0.25, -0.2) is 0 Å². The van der Waals surface area contributed by atoms with Crippen molar-refractivity contribution in [2.75, 3.05) is 33.4 Å². The van der Waals surface area contributed by atoms with Crippen LogP contribution in [0.3, 0.4) is 0 Å². The van der Waals surface area contributed by atoms with Crippen LogP contribution in [-0.4, -0.2) is 44.2 Å². The molecule has 1 N–H and O–H groups in total. The third-order valence-corrected chi connectivity index (χ3v) is 5.67. The molecule has 1 spiro atoms. The highest BCUT2D eigenvalue weighted by atomic mass is 16.5. The number of rotatable bonds is 7. The number of ether oxygens (including phenoxy) is 1. The Morgan fingerprint density at radius 2 is 2.00 bits per heavy atom. The van der Waals surface area contributed by atoms with E-state index >= 15 is 0 Å². The Morgan fingerprint density at radius 3 is 2.67 bits per heavy atom. The first kappa shape index (κ1) is 17.4. The minimum absolute atomic E-state index is 0.243. The van der Waals surface area contributed by atoms with Gasteiger partial charge in [0.1, 0.15) is 0 Å². The predicted molar refractivity (Wildman–Crippen MR) is 95.7 cm³/mol. The molecule has 132 valence electrons. The van der Waals surface area contributed by atoms with Crippen LogP contribution in [0.4, 0.5) is 0 Å². The van der Waals surface area contributed by atoms with Gasteiger partial charge in [-0.15, -0.1) is 0 Å². The van der Waals surface area contributed by atoms with Crippen LogP contribution in [0.15, 0.2) is 24.3 Å². The highest BCUT2D eigenvalue weighted by Crippen LogP contribution is 2.59. The molecule has 1 aromatic carbocycles. The van der Waals surface area contributed by atoms with Crippen molar-refractivity contribution in [1.82, 2.24) is 10.2 Å². The molecular formula is C20H30N2O2. The van der Waals surface area contributed by atoms with Crippen LogP contribution in [0.2, 0.25) is 0 Å². The summed E-state index contributed by atoms with van der Waals surface area (Å²) in [5.41, 5.74) is 2.77. The third-order valence-electron chi connectivity index (χ3n) is 5.67. The molecule has 0 aromatic heterocycles. The summed E-state index contributed by atoms with van der Waals surface area (Å²) in [7, 11) is 1.72. The molecule has 2 fully saturated rings. The van der Waals surface area contributed by atoms with Gasteiger partial charge in [0.25, 0.3) is 0 Å². The smallest absolute Gasteiger partial charge is 0.226 e. The number of hydrogen-bond acceptors (Lipinski definition) is 3. The maximum atomic E-state index is 13.1. The molecule has 0 unspecified atom stereocenters. The molecule has 2 aliphatic rings. The number of amides is 1. The first-order chi connectivity index (χ1) is 11.6. The minimum Gasteiger partial charge on any atom is -0.385 e. The third kappa shape index (κ3) is 3.98. The zero-order valence-electron chi connectivity index (χ0n) is 15.0. The van der Waals surface area contributed by atoms with Crippen molar-refractivity contribution in [2.45, 2.75) is 39.2 Å². The fraction of sp³-hybridized carbons (Fsp3) is 0.650. The van der Waals surface area contributed by atoms with E-state index in [1.54, 1.807) is 7.11 Å². The van der Waals surface area contributed by atoms with Gasteiger partial charge in [-0.3, -0.25) is 4.79 Å². The molecule has 3 rings (SSSR count). The normalized spacial score (nSPS) is 21.7. The van der Waals surface area contributed by atoms with Gasteiger partial charge in [-0.1, -0.05) is 29.8 Å². The Hall–Kier alpha value is -1.39. The monoisotopic (exact) mass is 330 g/mol. The van der Waals surface area contributed by atoms with E-state index in [9.17, 15) is 4.79 Å². The molecule has 4 heteroatoms. The topological polar surface area (TPSA) is 41.6 Å². The summed E-state index contributed by atoms with van der Waals surface area (Å²) in [6.07, 6.45) is 4.29. The highest BCUT2D eigenvalue weighted by molar-refractivity contribution is 5.82. The molecule has 1 amide bonds. The van der Waals surface area contributed by atoms with E-state index < -0.39 is 0 Å². The van der Waals surface area contributed by atoms with Gasteiger partial charge in [0, 0.05) is 32.7 Å². The van der Waals surface area contributed by atoms with E-state index in [0.717, 1.165) is 45.3 Å². The molecule has 1 aromatic rings. The summed E-state index contributed by atoms with van der Waals surface area (Å²) in [5.74, 6) is 0.598. The Bertz CT molecular complexity index is 549. The highest BCUT2D eigenvalue weighted by Gasteiger charge is 2.58. The SMILES string of the molecule is COCCCN(Cc1ccc(C)cc1)C(=O)[C@H]1CC12CCNCC2. The summed E-state index contributed by atoms with van der Waals surface area (Å²) in [6, 6.07) is 8.52. The molecule has 1 atom stereocenters. The number of aryl methyl sites for hydroxylation is 1. The lowest BCUT2D eigenvalue weighted by atomic mass is 9.91. The number of benzene rings is 1. The summed E-state index contributed by atoms with van der Waals surface area (Å²) < 4.78 is 5.18. The molecule has 1 heterocycles. The number of carbonyl (C=O) groups excluding carboxylic acids is 1. The van der Waals surface area contributed by atoms with Gasteiger partial charge in [-0.05, 0) is 56.7 Å². The summed E-state index contributed by atoms with van der Waals surface area (Å²) in [5, 5.41) is 3.41. The van der Waals surface area contributed by atoms with Crippen LogP contribution in [0.25, 0.3) is 0 Å². The lowest BCUT2D eigenvalue weighted by molar-refractivity contribution is -0.134. The average Bonchev–Trinajstić information content (AvgIpc) is 3.29. The van der Waals surface area contributed by atoms with Gasteiger partial charge in [0.05, 0.1) is 0 Å². The number of carbonyl (C=O) groups is 1. The quantitative estimate of drug-likeness (QED) is 0.782. The van der Waals surface area contributed by atoms with Crippen molar-refractivity contribution >= 4 is 5.91 Å². The number of nitrogens with zero attached hydrogens (tertiary/aromatic N) is 1. The number of piperidine rings is 1. The molecule has 1 saturated heterocycles. The van der Waals surface area contributed by atoms with Gasteiger partial charge in [0.15, 0.2) is 0 Å². The van der Waals surface area contributed by atoms with Crippen molar-refractivity contribution < 1.29 is 9.53 Å². The largest absolute Gasteiger partial charge is 0.385 e. The second-order valence-corrected chi connectivity index (χ2v) is 7.46. The average molecular weight is 330 g/mol. The molecule has 1 saturated carbocycles. The molecule has 0 radical (unpaired) electrons. The van der Waals surface area contributed by atoms with E-state index in [1.165, 1.54) is 11.1 Å². The maximum Gasteiger partial charge on any atom is 0.226 e. The Kier molecular flexibility index (Phi) is 5.57. The van der Waals surface area contributed by atoms with Crippen molar-refractivity contribution in [3.63, 3.8) is 0 Å². The van der Waals surface area contributed by atoms with E-state index in [4.69, 9.17) is 4.74 Å². The van der Waals surface area contributed by atoms with Crippen molar-refractivity contribution in [2.24, 2.45) is 11.3 Å². The van der Waals surface area contributed by atoms with Crippen LogP contribution in [0.5, 0.6) is 0 Å². The van der Waals surface area contributed by atoms with E-state index in [2.05, 4.69) is 41.4 Å². The molecule has 24 heavy (non-hydrogen) atoms. The van der Waals surface area contributed by atoms with Gasteiger partial charge in [0.2, 0.25) is 5.91 Å².